The van der Waals surface area contributed by atoms with Crippen molar-refractivity contribution >= 4 is 22.8 Å². The first-order valence-corrected chi connectivity index (χ1v) is 7.75. The molecule has 1 aromatic carbocycles. The van der Waals surface area contributed by atoms with Gasteiger partial charge in [-0.25, -0.2) is 0 Å². The number of thiophene rings is 1. The SMILES string of the molecule is CCN(CC(=O)c1cc(C)sc1C)c1ccccc1C. The number of anilines is 1. The van der Waals surface area contributed by atoms with E-state index in [1.165, 1.54) is 10.4 Å². The van der Waals surface area contributed by atoms with Gasteiger partial charge in [0.25, 0.3) is 0 Å². The van der Waals surface area contributed by atoms with Gasteiger partial charge in [-0.15, -0.1) is 11.3 Å². The molecule has 0 aliphatic carbocycles. The zero-order chi connectivity index (χ0) is 14.7. The molecule has 1 aromatic heterocycles. The van der Waals surface area contributed by atoms with Crippen molar-refractivity contribution in [3.63, 3.8) is 0 Å². The summed E-state index contributed by atoms with van der Waals surface area (Å²) in [5.41, 5.74) is 3.23. The fourth-order valence-corrected chi connectivity index (χ4v) is 3.39. The van der Waals surface area contributed by atoms with Crippen LogP contribution in [0.4, 0.5) is 5.69 Å². The Balaban J connectivity index is 2.21. The van der Waals surface area contributed by atoms with Crippen molar-refractivity contribution in [2.45, 2.75) is 27.7 Å². The lowest BCUT2D eigenvalue weighted by atomic mass is 10.1. The van der Waals surface area contributed by atoms with Crippen molar-refractivity contribution in [2.24, 2.45) is 0 Å². The third kappa shape index (κ3) is 3.10. The molecule has 2 nitrogen and oxygen atoms in total. The molecule has 0 saturated heterocycles. The molecule has 2 rings (SSSR count). The first-order chi connectivity index (χ1) is 9.52. The number of likely N-dealkylation sites (N-methyl/N-ethyl adjacent to an activating group) is 1. The van der Waals surface area contributed by atoms with Gasteiger partial charge in [0.15, 0.2) is 5.78 Å². The van der Waals surface area contributed by atoms with Crippen LogP contribution in [0.5, 0.6) is 0 Å². The largest absolute Gasteiger partial charge is 0.364 e. The summed E-state index contributed by atoms with van der Waals surface area (Å²) in [6, 6.07) is 10.2. The van der Waals surface area contributed by atoms with Crippen molar-refractivity contribution in [1.29, 1.82) is 0 Å². The minimum Gasteiger partial charge on any atom is -0.364 e. The average Bonchev–Trinajstić information content (AvgIpc) is 2.76. The highest BCUT2D eigenvalue weighted by atomic mass is 32.1. The van der Waals surface area contributed by atoms with Gasteiger partial charge in [0.05, 0.1) is 6.54 Å². The van der Waals surface area contributed by atoms with Gasteiger partial charge in [-0.3, -0.25) is 4.79 Å². The smallest absolute Gasteiger partial charge is 0.183 e. The molecule has 0 bridgehead atoms. The highest BCUT2D eigenvalue weighted by Crippen LogP contribution is 2.23. The number of rotatable bonds is 5. The molecule has 2 aromatic rings. The number of carbonyl (C=O) groups excluding carboxylic acids is 1. The van der Waals surface area contributed by atoms with Gasteiger partial charge in [0.1, 0.15) is 0 Å². The Morgan fingerprint density at radius 1 is 1.20 bits per heavy atom. The number of aryl methyl sites for hydroxylation is 3. The van der Waals surface area contributed by atoms with E-state index in [1.54, 1.807) is 11.3 Å². The maximum Gasteiger partial charge on any atom is 0.183 e. The van der Waals surface area contributed by atoms with Crippen molar-refractivity contribution in [3.8, 4) is 0 Å². The second-order valence-corrected chi connectivity index (χ2v) is 6.51. The molecule has 1 heterocycles. The summed E-state index contributed by atoms with van der Waals surface area (Å²) in [5, 5.41) is 0. The standard InChI is InChI=1S/C17H21NOS/c1-5-18(16-9-7-6-8-12(16)2)11-17(19)15-10-13(3)20-14(15)4/h6-10H,5,11H2,1-4H3. The monoisotopic (exact) mass is 287 g/mol. The number of Topliss-reactive ketones (excluding diaryl/α,β-unsaturated/α-hetero) is 1. The predicted octanol–water partition coefficient (Wildman–Crippen LogP) is 4.38. The molecule has 0 N–H and O–H groups in total. The second-order valence-electron chi connectivity index (χ2n) is 5.05. The Hall–Kier alpha value is -1.61. The van der Waals surface area contributed by atoms with Crippen LogP contribution in [-0.4, -0.2) is 18.9 Å². The van der Waals surface area contributed by atoms with E-state index in [2.05, 4.69) is 30.9 Å². The number of ketones is 1. The van der Waals surface area contributed by atoms with Gasteiger partial charge in [-0.2, -0.15) is 0 Å². The number of para-hydroxylation sites is 1. The molecule has 0 aliphatic heterocycles. The lowest BCUT2D eigenvalue weighted by Gasteiger charge is -2.24. The lowest BCUT2D eigenvalue weighted by Crippen LogP contribution is -2.30. The van der Waals surface area contributed by atoms with E-state index in [4.69, 9.17) is 0 Å². The third-order valence-corrected chi connectivity index (χ3v) is 4.48. The molecule has 106 valence electrons. The zero-order valence-electron chi connectivity index (χ0n) is 12.6. The predicted molar refractivity (Wildman–Crippen MR) is 87.2 cm³/mol. The van der Waals surface area contributed by atoms with Crippen LogP contribution >= 0.6 is 11.3 Å². The van der Waals surface area contributed by atoms with E-state index < -0.39 is 0 Å². The Bertz CT molecular complexity index is 615. The molecule has 20 heavy (non-hydrogen) atoms. The van der Waals surface area contributed by atoms with Crippen molar-refractivity contribution in [2.75, 3.05) is 18.0 Å². The highest BCUT2D eigenvalue weighted by molar-refractivity contribution is 7.12. The van der Waals surface area contributed by atoms with Crippen LogP contribution in [0.25, 0.3) is 0 Å². The van der Waals surface area contributed by atoms with Crippen molar-refractivity contribution < 1.29 is 4.79 Å². The molecule has 0 aliphatic rings. The summed E-state index contributed by atoms with van der Waals surface area (Å²) in [4.78, 5) is 17.0. The third-order valence-electron chi connectivity index (χ3n) is 3.51. The first kappa shape index (κ1) is 14.8. The summed E-state index contributed by atoms with van der Waals surface area (Å²) < 4.78 is 0. The van der Waals surface area contributed by atoms with Crippen LogP contribution in [-0.2, 0) is 0 Å². The number of hydrogen-bond acceptors (Lipinski definition) is 3. The highest BCUT2D eigenvalue weighted by Gasteiger charge is 2.16. The molecule has 0 radical (unpaired) electrons. The number of carbonyl (C=O) groups is 1. The Morgan fingerprint density at radius 3 is 2.45 bits per heavy atom. The Kier molecular flexibility index (Phi) is 4.61. The summed E-state index contributed by atoms with van der Waals surface area (Å²) in [6.45, 7) is 9.52. The molecule has 0 fully saturated rings. The molecule has 0 unspecified atom stereocenters. The minimum atomic E-state index is 0.206. The second kappa shape index (κ2) is 6.23. The van der Waals surface area contributed by atoms with E-state index in [0.717, 1.165) is 22.7 Å². The minimum absolute atomic E-state index is 0.206. The maximum absolute atomic E-state index is 12.5. The van der Waals surface area contributed by atoms with Gasteiger partial charge < -0.3 is 4.90 Å². The van der Waals surface area contributed by atoms with Crippen LogP contribution < -0.4 is 4.90 Å². The normalized spacial score (nSPS) is 10.6. The molecule has 0 atom stereocenters. The van der Waals surface area contributed by atoms with Crippen LogP contribution in [0.1, 0.15) is 32.6 Å². The molecule has 0 amide bonds. The summed E-state index contributed by atoms with van der Waals surface area (Å²) in [7, 11) is 0. The number of benzene rings is 1. The van der Waals surface area contributed by atoms with Crippen LogP contribution in [0.2, 0.25) is 0 Å². The quantitative estimate of drug-likeness (QED) is 0.760. The topological polar surface area (TPSA) is 20.3 Å². The van der Waals surface area contributed by atoms with Crippen molar-refractivity contribution in [1.82, 2.24) is 0 Å². The summed E-state index contributed by atoms with van der Waals surface area (Å²) in [5.74, 6) is 0.206. The van der Waals surface area contributed by atoms with Gasteiger partial charge in [0, 0.05) is 27.5 Å². The van der Waals surface area contributed by atoms with Gasteiger partial charge >= 0.3 is 0 Å². The van der Waals surface area contributed by atoms with Gasteiger partial charge in [-0.05, 0) is 45.4 Å². The number of hydrogen-bond donors (Lipinski definition) is 0. The van der Waals surface area contributed by atoms with E-state index >= 15 is 0 Å². The van der Waals surface area contributed by atoms with E-state index in [-0.39, 0.29) is 5.78 Å². The number of nitrogens with zero attached hydrogens (tertiary/aromatic N) is 1. The average molecular weight is 287 g/mol. The Morgan fingerprint density at radius 2 is 1.90 bits per heavy atom. The van der Waals surface area contributed by atoms with E-state index in [1.807, 2.05) is 32.0 Å². The molecule has 0 spiro atoms. The fourth-order valence-electron chi connectivity index (χ4n) is 2.45. The van der Waals surface area contributed by atoms with Crippen LogP contribution in [0.3, 0.4) is 0 Å². The lowest BCUT2D eigenvalue weighted by molar-refractivity contribution is 0.0999. The van der Waals surface area contributed by atoms with Gasteiger partial charge in [0.2, 0.25) is 0 Å². The van der Waals surface area contributed by atoms with E-state index in [0.29, 0.717) is 6.54 Å². The van der Waals surface area contributed by atoms with Gasteiger partial charge in [-0.1, -0.05) is 18.2 Å². The fraction of sp³-hybridized carbons (Fsp3) is 0.353. The zero-order valence-corrected chi connectivity index (χ0v) is 13.4. The molecular formula is C17H21NOS. The summed E-state index contributed by atoms with van der Waals surface area (Å²) in [6.07, 6.45) is 0. The first-order valence-electron chi connectivity index (χ1n) is 6.93. The molecule has 3 heteroatoms. The van der Waals surface area contributed by atoms with Crippen LogP contribution in [0.15, 0.2) is 30.3 Å². The van der Waals surface area contributed by atoms with E-state index in [9.17, 15) is 4.79 Å². The Labute approximate surface area is 125 Å². The summed E-state index contributed by atoms with van der Waals surface area (Å²) >= 11 is 1.69. The molecule has 0 saturated carbocycles. The maximum atomic E-state index is 12.5. The van der Waals surface area contributed by atoms with Crippen molar-refractivity contribution in [3.05, 3.63) is 51.2 Å². The van der Waals surface area contributed by atoms with Crippen LogP contribution in [0, 0.1) is 20.8 Å². The molecular weight excluding hydrogens is 266 g/mol.